The molecule has 4 heteroatoms. The van der Waals surface area contributed by atoms with Crippen molar-refractivity contribution in [1.82, 2.24) is 0 Å². The van der Waals surface area contributed by atoms with Crippen molar-refractivity contribution in [3.8, 4) is 0 Å². The van der Waals surface area contributed by atoms with Crippen molar-refractivity contribution < 1.29 is 19.4 Å². The van der Waals surface area contributed by atoms with Gasteiger partial charge in [0.25, 0.3) is 0 Å². The lowest BCUT2D eigenvalue weighted by atomic mass is 9.92. The fraction of sp³-hybridized carbons (Fsp3) is 0.438. The molecule has 0 aliphatic carbocycles. The zero-order valence-electron chi connectivity index (χ0n) is 11.8. The number of ether oxygens (including phenoxy) is 2. The van der Waals surface area contributed by atoms with E-state index in [0.29, 0.717) is 6.42 Å². The summed E-state index contributed by atoms with van der Waals surface area (Å²) in [5.41, 5.74) is 1.37. The summed E-state index contributed by atoms with van der Waals surface area (Å²) in [6.45, 7) is 3.96. The zero-order chi connectivity index (χ0) is 14.6. The Morgan fingerprint density at radius 1 is 1.45 bits per heavy atom. The lowest BCUT2D eigenvalue weighted by Crippen LogP contribution is -2.36. The molecule has 108 valence electrons. The van der Waals surface area contributed by atoms with Gasteiger partial charge in [-0.3, -0.25) is 0 Å². The van der Waals surface area contributed by atoms with Crippen molar-refractivity contribution in [2.24, 2.45) is 0 Å². The first-order chi connectivity index (χ1) is 9.54. The Morgan fingerprint density at radius 3 is 2.70 bits per heavy atom. The number of aliphatic hydroxyl groups is 1. The van der Waals surface area contributed by atoms with E-state index in [2.05, 4.69) is 25.1 Å². The maximum Gasteiger partial charge on any atom is 0.509 e. The second kappa shape index (κ2) is 6.09. The Hall–Kier alpha value is -1.81. The molecule has 1 N–H and O–H groups in total. The number of benzene rings is 1. The second-order valence-corrected chi connectivity index (χ2v) is 5.37. The largest absolute Gasteiger partial charge is 0.509 e. The third-order valence-electron chi connectivity index (χ3n) is 3.50. The highest BCUT2D eigenvalue weighted by Crippen LogP contribution is 2.29. The van der Waals surface area contributed by atoms with Gasteiger partial charge in [0.1, 0.15) is 6.61 Å². The molecule has 0 bridgehead atoms. The van der Waals surface area contributed by atoms with Gasteiger partial charge in [-0.15, -0.1) is 0 Å². The van der Waals surface area contributed by atoms with Crippen molar-refractivity contribution in [3.05, 3.63) is 47.5 Å². The van der Waals surface area contributed by atoms with Crippen LogP contribution < -0.4 is 0 Å². The monoisotopic (exact) mass is 276 g/mol. The average Bonchev–Trinajstić information content (AvgIpc) is 2.81. The molecule has 2 atom stereocenters. The van der Waals surface area contributed by atoms with Crippen LogP contribution in [0.4, 0.5) is 4.79 Å². The maximum atomic E-state index is 11.1. The molecular weight excluding hydrogens is 256 g/mol. The third-order valence-corrected chi connectivity index (χ3v) is 3.50. The summed E-state index contributed by atoms with van der Waals surface area (Å²) < 4.78 is 9.91. The van der Waals surface area contributed by atoms with Crippen molar-refractivity contribution in [1.29, 1.82) is 0 Å². The fourth-order valence-corrected chi connectivity index (χ4v) is 2.49. The molecule has 1 aromatic rings. The van der Waals surface area contributed by atoms with Gasteiger partial charge in [-0.25, -0.2) is 4.79 Å². The number of allylic oxidation sites excluding steroid dienone is 1. The van der Waals surface area contributed by atoms with E-state index >= 15 is 0 Å². The predicted octanol–water partition coefficient (Wildman–Crippen LogP) is 3.02. The van der Waals surface area contributed by atoms with Gasteiger partial charge in [0, 0.05) is 6.42 Å². The summed E-state index contributed by atoms with van der Waals surface area (Å²) in [5, 5.41) is 9.45. The van der Waals surface area contributed by atoms with Crippen LogP contribution in [0.15, 0.2) is 42.0 Å². The first-order valence-electron chi connectivity index (χ1n) is 6.73. The molecular formula is C16H20O4. The number of carbonyl (C=O) groups is 1. The van der Waals surface area contributed by atoms with E-state index in [4.69, 9.17) is 9.47 Å². The van der Waals surface area contributed by atoms with Crippen LogP contribution in [0.2, 0.25) is 0 Å². The number of hydrogen-bond donors (Lipinski definition) is 1. The standard InChI is InChI=1S/C16H20O4/c1-12(8-13(2)14-6-4-3-5-7-14)9-16(10-17)11-19-15(18)20-16/h3-8,13,17H,9-11H2,1-2H3/b12-8+/t13?,16-/m1/s1. The van der Waals surface area contributed by atoms with Crippen molar-refractivity contribution >= 4 is 6.16 Å². The SMILES string of the molecule is C/C(=C\C(C)c1ccccc1)C[C@@]1(CO)COC(=O)O1. The topological polar surface area (TPSA) is 55.8 Å². The van der Waals surface area contributed by atoms with Crippen LogP contribution in [0.1, 0.15) is 31.7 Å². The quantitative estimate of drug-likeness (QED) is 0.663. The molecule has 20 heavy (non-hydrogen) atoms. The van der Waals surface area contributed by atoms with Gasteiger partial charge in [-0.1, -0.05) is 48.9 Å². The molecule has 1 aromatic carbocycles. The van der Waals surface area contributed by atoms with E-state index in [9.17, 15) is 9.90 Å². The van der Waals surface area contributed by atoms with Crippen LogP contribution in [-0.2, 0) is 9.47 Å². The van der Waals surface area contributed by atoms with Gasteiger partial charge in [-0.05, 0) is 18.4 Å². The van der Waals surface area contributed by atoms with Gasteiger partial charge >= 0.3 is 6.16 Å². The molecule has 0 aromatic heterocycles. The molecule has 4 nitrogen and oxygen atoms in total. The molecule has 1 fully saturated rings. The van der Waals surface area contributed by atoms with Crippen LogP contribution in [0.3, 0.4) is 0 Å². The lowest BCUT2D eigenvalue weighted by Gasteiger charge is -2.23. The van der Waals surface area contributed by atoms with Crippen molar-refractivity contribution in [2.75, 3.05) is 13.2 Å². The maximum absolute atomic E-state index is 11.1. The number of hydrogen-bond acceptors (Lipinski definition) is 4. The molecule has 2 rings (SSSR count). The lowest BCUT2D eigenvalue weighted by molar-refractivity contribution is 0.00743. The average molecular weight is 276 g/mol. The highest BCUT2D eigenvalue weighted by molar-refractivity contribution is 5.62. The first-order valence-corrected chi connectivity index (χ1v) is 6.73. The zero-order valence-corrected chi connectivity index (χ0v) is 11.8. The molecule has 1 aliphatic rings. The van der Waals surface area contributed by atoms with Gasteiger partial charge < -0.3 is 14.6 Å². The summed E-state index contributed by atoms with van der Waals surface area (Å²) in [5.74, 6) is 0.268. The van der Waals surface area contributed by atoms with Gasteiger partial charge in [0.15, 0.2) is 5.60 Å². The van der Waals surface area contributed by atoms with Crippen LogP contribution in [0.25, 0.3) is 0 Å². The van der Waals surface area contributed by atoms with Gasteiger partial charge in [0.05, 0.1) is 6.61 Å². The number of carbonyl (C=O) groups excluding carboxylic acids is 1. The summed E-state index contributed by atoms with van der Waals surface area (Å²) >= 11 is 0. The van der Waals surface area contributed by atoms with Crippen LogP contribution in [0.5, 0.6) is 0 Å². The van der Waals surface area contributed by atoms with E-state index in [1.165, 1.54) is 5.56 Å². The Labute approximate surface area is 119 Å². The van der Waals surface area contributed by atoms with Gasteiger partial charge in [-0.2, -0.15) is 0 Å². The van der Waals surface area contributed by atoms with Crippen molar-refractivity contribution in [2.45, 2.75) is 31.8 Å². The smallest absolute Gasteiger partial charge is 0.430 e. The van der Waals surface area contributed by atoms with E-state index in [-0.39, 0.29) is 19.1 Å². The Morgan fingerprint density at radius 2 is 2.15 bits per heavy atom. The molecule has 0 radical (unpaired) electrons. The fourth-order valence-electron chi connectivity index (χ4n) is 2.49. The minimum absolute atomic E-state index is 0.104. The van der Waals surface area contributed by atoms with Crippen molar-refractivity contribution in [3.63, 3.8) is 0 Å². The molecule has 1 unspecified atom stereocenters. The molecule has 0 spiro atoms. The van der Waals surface area contributed by atoms with Crippen LogP contribution >= 0.6 is 0 Å². The minimum Gasteiger partial charge on any atom is -0.430 e. The molecule has 1 aliphatic heterocycles. The predicted molar refractivity (Wildman–Crippen MR) is 75.5 cm³/mol. The first kappa shape index (κ1) is 14.6. The Kier molecular flexibility index (Phi) is 4.45. The summed E-state index contributed by atoms with van der Waals surface area (Å²) in [6, 6.07) is 10.2. The molecule has 1 heterocycles. The van der Waals surface area contributed by atoms with E-state index < -0.39 is 11.8 Å². The molecule has 0 saturated carbocycles. The van der Waals surface area contributed by atoms with E-state index in [1.54, 1.807) is 0 Å². The summed E-state index contributed by atoms with van der Waals surface area (Å²) in [7, 11) is 0. The summed E-state index contributed by atoms with van der Waals surface area (Å²) in [6.07, 6.45) is 1.90. The highest BCUT2D eigenvalue weighted by atomic mass is 16.8. The minimum atomic E-state index is -0.923. The van der Waals surface area contributed by atoms with Crippen LogP contribution in [-0.4, -0.2) is 30.1 Å². The second-order valence-electron chi connectivity index (χ2n) is 5.37. The molecule has 1 saturated heterocycles. The van der Waals surface area contributed by atoms with E-state index in [0.717, 1.165) is 5.57 Å². The van der Waals surface area contributed by atoms with E-state index in [1.807, 2.05) is 25.1 Å². The number of aliphatic hydroxyl groups excluding tert-OH is 1. The Bertz CT molecular complexity index is 494. The third kappa shape index (κ3) is 3.39. The summed E-state index contributed by atoms with van der Waals surface area (Å²) in [4.78, 5) is 11.1. The normalized spacial score (nSPS) is 24.1. The van der Waals surface area contributed by atoms with Crippen LogP contribution in [0, 0.1) is 0 Å². The highest BCUT2D eigenvalue weighted by Gasteiger charge is 2.42. The number of cyclic esters (lactones) is 2. The number of rotatable bonds is 5. The Balaban J connectivity index is 2.05. The molecule has 0 amide bonds. The van der Waals surface area contributed by atoms with Gasteiger partial charge in [0.2, 0.25) is 0 Å².